The molecule has 0 aliphatic carbocycles. The Morgan fingerprint density at radius 2 is 1.80 bits per heavy atom. The van der Waals surface area contributed by atoms with Crippen molar-refractivity contribution in [2.75, 3.05) is 6.61 Å². The van der Waals surface area contributed by atoms with Crippen LogP contribution in [0.3, 0.4) is 0 Å². The van der Waals surface area contributed by atoms with Gasteiger partial charge in [-0.2, -0.15) is 0 Å². The Morgan fingerprint density at radius 3 is 2.40 bits per heavy atom. The lowest BCUT2D eigenvalue weighted by Gasteiger charge is -2.20. The number of pyridine rings is 1. The fraction of sp³-hybridized carbons (Fsp3) is 0.368. The summed E-state index contributed by atoms with van der Waals surface area (Å²) in [5, 5.41) is 6.21. The van der Waals surface area contributed by atoms with E-state index in [1.807, 2.05) is 63.2 Å². The van der Waals surface area contributed by atoms with Crippen LogP contribution in [0.1, 0.15) is 32.0 Å². The minimum absolute atomic E-state index is 0. The SMILES string of the molecule is CC(C)(C)NC(=O)COc1ccc(CNCc2ccccn2)cc1.Cl. The first kappa shape index (κ1) is 20.9. The van der Waals surface area contributed by atoms with Crippen molar-refractivity contribution in [3.05, 3.63) is 59.9 Å². The Labute approximate surface area is 155 Å². The van der Waals surface area contributed by atoms with Crippen LogP contribution in [0.4, 0.5) is 0 Å². The zero-order chi connectivity index (χ0) is 17.4. The molecule has 1 amide bonds. The molecule has 2 rings (SSSR count). The Kier molecular flexibility index (Phi) is 8.38. The fourth-order valence-corrected chi connectivity index (χ4v) is 2.14. The summed E-state index contributed by atoms with van der Waals surface area (Å²) in [5.74, 6) is 0.566. The first-order valence-electron chi connectivity index (χ1n) is 8.06. The molecule has 0 radical (unpaired) electrons. The molecule has 25 heavy (non-hydrogen) atoms. The summed E-state index contributed by atoms with van der Waals surface area (Å²) in [6.07, 6.45) is 1.79. The van der Waals surface area contributed by atoms with E-state index in [0.717, 1.165) is 24.3 Å². The van der Waals surface area contributed by atoms with E-state index in [1.165, 1.54) is 0 Å². The highest BCUT2D eigenvalue weighted by molar-refractivity contribution is 5.85. The highest BCUT2D eigenvalue weighted by Gasteiger charge is 2.13. The number of amides is 1. The van der Waals surface area contributed by atoms with Gasteiger partial charge in [-0.15, -0.1) is 12.4 Å². The highest BCUT2D eigenvalue weighted by Crippen LogP contribution is 2.12. The summed E-state index contributed by atoms with van der Waals surface area (Å²) >= 11 is 0. The third-order valence-corrected chi connectivity index (χ3v) is 3.17. The Morgan fingerprint density at radius 1 is 1.08 bits per heavy atom. The van der Waals surface area contributed by atoms with Crippen LogP contribution in [0.25, 0.3) is 0 Å². The molecule has 0 fully saturated rings. The first-order valence-corrected chi connectivity index (χ1v) is 8.06. The quantitative estimate of drug-likeness (QED) is 0.793. The molecular formula is C19H26ClN3O2. The molecule has 1 aromatic heterocycles. The molecule has 5 nitrogen and oxygen atoms in total. The third kappa shape index (κ3) is 8.52. The number of nitrogens with one attached hydrogen (secondary N) is 2. The summed E-state index contributed by atoms with van der Waals surface area (Å²) in [7, 11) is 0. The van der Waals surface area contributed by atoms with Crippen LogP contribution < -0.4 is 15.4 Å². The first-order chi connectivity index (χ1) is 11.4. The summed E-state index contributed by atoms with van der Waals surface area (Å²) in [4.78, 5) is 16.0. The van der Waals surface area contributed by atoms with E-state index < -0.39 is 0 Å². The normalized spacial score (nSPS) is 10.7. The van der Waals surface area contributed by atoms with Gasteiger partial charge >= 0.3 is 0 Å². The maximum Gasteiger partial charge on any atom is 0.258 e. The van der Waals surface area contributed by atoms with Gasteiger partial charge in [-0.25, -0.2) is 0 Å². The molecule has 1 heterocycles. The lowest BCUT2D eigenvalue weighted by molar-refractivity contribution is -0.124. The molecule has 136 valence electrons. The van der Waals surface area contributed by atoms with E-state index in [4.69, 9.17) is 4.74 Å². The predicted molar refractivity (Wildman–Crippen MR) is 102 cm³/mol. The maximum absolute atomic E-state index is 11.7. The van der Waals surface area contributed by atoms with Crippen molar-refractivity contribution in [2.45, 2.75) is 39.4 Å². The van der Waals surface area contributed by atoms with E-state index in [1.54, 1.807) is 6.20 Å². The van der Waals surface area contributed by atoms with Gasteiger partial charge in [0.05, 0.1) is 5.69 Å². The van der Waals surface area contributed by atoms with E-state index in [9.17, 15) is 4.79 Å². The second-order valence-electron chi connectivity index (χ2n) is 6.66. The number of aromatic nitrogens is 1. The Hall–Kier alpha value is -2.11. The van der Waals surface area contributed by atoms with Gasteiger partial charge in [-0.05, 0) is 50.6 Å². The van der Waals surface area contributed by atoms with Crippen molar-refractivity contribution in [1.82, 2.24) is 15.6 Å². The van der Waals surface area contributed by atoms with Crippen molar-refractivity contribution in [1.29, 1.82) is 0 Å². The number of carbonyl (C=O) groups is 1. The zero-order valence-electron chi connectivity index (χ0n) is 14.9. The average Bonchev–Trinajstić information content (AvgIpc) is 2.53. The van der Waals surface area contributed by atoms with Gasteiger partial charge in [0, 0.05) is 24.8 Å². The van der Waals surface area contributed by atoms with E-state index in [-0.39, 0.29) is 30.5 Å². The van der Waals surface area contributed by atoms with Crippen LogP contribution in [0, 0.1) is 0 Å². The van der Waals surface area contributed by atoms with Gasteiger partial charge in [0.25, 0.3) is 5.91 Å². The highest BCUT2D eigenvalue weighted by atomic mass is 35.5. The lowest BCUT2D eigenvalue weighted by Crippen LogP contribution is -2.43. The smallest absolute Gasteiger partial charge is 0.258 e. The minimum Gasteiger partial charge on any atom is -0.484 e. The minimum atomic E-state index is -0.246. The van der Waals surface area contributed by atoms with Gasteiger partial charge < -0.3 is 15.4 Å². The number of nitrogens with zero attached hydrogens (tertiary/aromatic N) is 1. The monoisotopic (exact) mass is 363 g/mol. The van der Waals surface area contributed by atoms with Crippen LogP contribution in [-0.4, -0.2) is 23.0 Å². The molecule has 6 heteroatoms. The van der Waals surface area contributed by atoms with Crippen molar-refractivity contribution in [2.24, 2.45) is 0 Å². The molecule has 0 aliphatic heterocycles. The molecule has 0 spiro atoms. The standard InChI is InChI=1S/C19H25N3O2.ClH/c1-19(2,3)22-18(23)14-24-17-9-7-15(8-10-17)12-20-13-16-6-4-5-11-21-16;/h4-11,20H,12-14H2,1-3H3,(H,22,23);1H. The number of rotatable bonds is 7. The molecule has 0 aliphatic rings. The van der Waals surface area contributed by atoms with Gasteiger partial charge in [-0.3, -0.25) is 9.78 Å². The molecule has 0 unspecified atom stereocenters. The second kappa shape index (κ2) is 10.0. The van der Waals surface area contributed by atoms with Crippen molar-refractivity contribution >= 4 is 18.3 Å². The van der Waals surface area contributed by atoms with Crippen molar-refractivity contribution in [3.8, 4) is 5.75 Å². The lowest BCUT2D eigenvalue weighted by atomic mass is 10.1. The van der Waals surface area contributed by atoms with E-state index in [2.05, 4.69) is 15.6 Å². The van der Waals surface area contributed by atoms with Gasteiger partial charge in [0.15, 0.2) is 6.61 Å². The summed E-state index contributed by atoms with van der Waals surface area (Å²) in [6, 6.07) is 13.6. The van der Waals surface area contributed by atoms with Gasteiger partial charge in [-0.1, -0.05) is 18.2 Å². The van der Waals surface area contributed by atoms with Crippen LogP contribution >= 0.6 is 12.4 Å². The number of ether oxygens (including phenoxy) is 1. The van der Waals surface area contributed by atoms with Gasteiger partial charge in [0.1, 0.15) is 5.75 Å². The fourth-order valence-electron chi connectivity index (χ4n) is 2.14. The number of hydrogen-bond donors (Lipinski definition) is 2. The number of halogens is 1. The number of carbonyl (C=O) groups excluding carboxylic acids is 1. The summed E-state index contributed by atoms with van der Waals surface area (Å²) in [6.45, 7) is 7.33. The van der Waals surface area contributed by atoms with Crippen LogP contribution in [0.5, 0.6) is 5.75 Å². The third-order valence-electron chi connectivity index (χ3n) is 3.17. The number of benzene rings is 1. The summed E-state index contributed by atoms with van der Waals surface area (Å²) < 4.78 is 5.50. The van der Waals surface area contributed by atoms with Crippen LogP contribution in [-0.2, 0) is 17.9 Å². The molecule has 2 N–H and O–H groups in total. The molecular weight excluding hydrogens is 338 g/mol. The second-order valence-corrected chi connectivity index (χ2v) is 6.66. The van der Waals surface area contributed by atoms with Crippen LogP contribution in [0.2, 0.25) is 0 Å². The molecule has 0 bridgehead atoms. The molecule has 0 atom stereocenters. The summed E-state index contributed by atoms with van der Waals surface area (Å²) in [5.41, 5.74) is 1.92. The maximum atomic E-state index is 11.7. The molecule has 1 aromatic carbocycles. The van der Waals surface area contributed by atoms with E-state index >= 15 is 0 Å². The Balaban J connectivity index is 0.00000312. The molecule has 0 saturated carbocycles. The Bertz CT molecular complexity index is 640. The predicted octanol–water partition coefficient (Wildman–Crippen LogP) is 3.09. The van der Waals surface area contributed by atoms with Crippen molar-refractivity contribution < 1.29 is 9.53 Å². The van der Waals surface area contributed by atoms with E-state index in [0.29, 0.717) is 5.75 Å². The average molecular weight is 364 g/mol. The van der Waals surface area contributed by atoms with Crippen molar-refractivity contribution in [3.63, 3.8) is 0 Å². The topological polar surface area (TPSA) is 63.2 Å². The molecule has 2 aromatic rings. The van der Waals surface area contributed by atoms with Crippen LogP contribution in [0.15, 0.2) is 48.7 Å². The number of hydrogen-bond acceptors (Lipinski definition) is 4. The molecule has 0 saturated heterocycles. The van der Waals surface area contributed by atoms with Gasteiger partial charge in [0.2, 0.25) is 0 Å². The largest absolute Gasteiger partial charge is 0.484 e. The zero-order valence-corrected chi connectivity index (χ0v) is 15.7.